The molecule has 272 valence electrons. The summed E-state index contributed by atoms with van der Waals surface area (Å²) < 4.78 is 4.51. The molecule has 0 aliphatic heterocycles. The second-order valence-corrected chi connectivity index (χ2v) is 14.8. The third-order valence-corrected chi connectivity index (χ3v) is 11.4. The minimum Gasteiger partial charge on any atom is -0.309 e. The summed E-state index contributed by atoms with van der Waals surface area (Å²) in [5.74, 6) is 1.91. The fraction of sp³-hybridized carbons (Fsp3) is 0.0385. The molecular formula is C52H34N6. The van der Waals surface area contributed by atoms with E-state index in [1.165, 1.54) is 21.8 Å². The predicted octanol–water partition coefficient (Wildman–Crippen LogP) is 12.6. The molecule has 6 nitrogen and oxygen atoms in total. The van der Waals surface area contributed by atoms with E-state index in [9.17, 15) is 5.26 Å². The standard InChI is InChI=1S/C52H34N6/c53-33-34-11-10-14-39(31-34)35-21-23-38(24-22-35)51-54-50(37-12-2-1-3-13-37)55-52(56-51)58-48-20-9-6-17-44(48)45-32-40(27-30-49(45)58)36-25-28-41(29-26-36)57-46-18-7-4-15-42(46)43-16-5-8-19-47(43)57/h1-30,32,39H,31H2. The molecule has 1 aliphatic rings. The Labute approximate surface area is 335 Å². The number of fused-ring (bicyclic) bond motifs is 6. The maximum Gasteiger partial charge on any atom is 0.238 e. The molecule has 11 rings (SSSR count). The Morgan fingerprint density at radius 1 is 0.483 bits per heavy atom. The third kappa shape index (κ3) is 5.60. The highest BCUT2D eigenvalue weighted by Gasteiger charge is 2.20. The molecule has 0 spiro atoms. The number of hydrogen-bond donors (Lipinski definition) is 0. The van der Waals surface area contributed by atoms with E-state index >= 15 is 0 Å². The first-order chi connectivity index (χ1) is 28.7. The molecule has 0 radical (unpaired) electrons. The second kappa shape index (κ2) is 13.7. The van der Waals surface area contributed by atoms with Crippen LogP contribution in [0.3, 0.4) is 0 Å². The van der Waals surface area contributed by atoms with Crippen LogP contribution in [0, 0.1) is 11.3 Å². The molecular weight excluding hydrogens is 709 g/mol. The highest BCUT2D eigenvalue weighted by molar-refractivity contribution is 6.11. The normalized spacial score (nSPS) is 14.0. The van der Waals surface area contributed by atoms with Gasteiger partial charge in [-0.3, -0.25) is 4.57 Å². The first-order valence-electron chi connectivity index (χ1n) is 19.5. The number of rotatable bonds is 6. The van der Waals surface area contributed by atoms with Gasteiger partial charge in [-0.15, -0.1) is 0 Å². The number of hydrogen-bond acceptors (Lipinski definition) is 4. The van der Waals surface area contributed by atoms with Crippen molar-refractivity contribution in [2.45, 2.75) is 12.3 Å². The van der Waals surface area contributed by atoms with Gasteiger partial charge in [0.05, 0.1) is 28.1 Å². The van der Waals surface area contributed by atoms with E-state index in [2.05, 4.69) is 161 Å². The van der Waals surface area contributed by atoms with Gasteiger partial charge >= 0.3 is 0 Å². The Morgan fingerprint density at radius 2 is 1.02 bits per heavy atom. The van der Waals surface area contributed by atoms with E-state index in [-0.39, 0.29) is 5.92 Å². The van der Waals surface area contributed by atoms with Crippen molar-refractivity contribution in [3.63, 3.8) is 0 Å². The van der Waals surface area contributed by atoms with Crippen molar-refractivity contribution in [3.05, 3.63) is 199 Å². The van der Waals surface area contributed by atoms with Crippen molar-refractivity contribution < 1.29 is 0 Å². The van der Waals surface area contributed by atoms with Crippen LogP contribution in [-0.2, 0) is 0 Å². The number of nitriles is 1. The van der Waals surface area contributed by atoms with Crippen molar-refractivity contribution in [1.29, 1.82) is 5.26 Å². The van der Waals surface area contributed by atoms with Gasteiger partial charge in [-0.1, -0.05) is 140 Å². The Kier molecular flexibility index (Phi) is 7.90. The lowest BCUT2D eigenvalue weighted by Crippen LogP contribution is -2.06. The van der Waals surface area contributed by atoms with Crippen LogP contribution >= 0.6 is 0 Å². The lowest BCUT2D eigenvalue weighted by molar-refractivity contribution is 0.831. The van der Waals surface area contributed by atoms with Gasteiger partial charge in [-0.05, 0) is 71.7 Å². The van der Waals surface area contributed by atoms with Crippen LogP contribution in [-0.4, -0.2) is 24.1 Å². The second-order valence-electron chi connectivity index (χ2n) is 14.8. The van der Waals surface area contributed by atoms with Crippen LogP contribution < -0.4 is 0 Å². The maximum absolute atomic E-state index is 9.49. The fourth-order valence-electron chi connectivity index (χ4n) is 8.55. The van der Waals surface area contributed by atoms with Crippen LogP contribution in [0.15, 0.2) is 194 Å². The van der Waals surface area contributed by atoms with Crippen LogP contribution in [0.4, 0.5) is 0 Å². The van der Waals surface area contributed by atoms with Crippen molar-refractivity contribution in [2.24, 2.45) is 0 Å². The Morgan fingerprint density at radius 3 is 1.67 bits per heavy atom. The summed E-state index contributed by atoms with van der Waals surface area (Å²) in [5, 5.41) is 14.2. The van der Waals surface area contributed by atoms with Crippen molar-refractivity contribution in [3.8, 4) is 51.6 Å². The van der Waals surface area contributed by atoms with Gasteiger partial charge in [-0.2, -0.15) is 15.2 Å². The minimum atomic E-state index is 0.156. The zero-order valence-electron chi connectivity index (χ0n) is 31.4. The summed E-state index contributed by atoms with van der Waals surface area (Å²) in [6.07, 6.45) is 6.72. The topological polar surface area (TPSA) is 72.3 Å². The quantitative estimate of drug-likeness (QED) is 0.170. The highest BCUT2D eigenvalue weighted by Crippen LogP contribution is 2.37. The fourth-order valence-corrected chi connectivity index (χ4v) is 8.55. The molecule has 6 heteroatoms. The smallest absolute Gasteiger partial charge is 0.238 e. The molecule has 0 N–H and O–H groups in total. The number of benzene rings is 7. The zero-order chi connectivity index (χ0) is 38.6. The van der Waals surface area contributed by atoms with E-state index in [0.29, 0.717) is 24.0 Å². The van der Waals surface area contributed by atoms with Crippen molar-refractivity contribution >= 4 is 43.6 Å². The summed E-state index contributed by atoms with van der Waals surface area (Å²) in [4.78, 5) is 15.3. The van der Waals surface area contributed by atoms with E-state index in [1.807, 2.05) is 42.5 Å². The molecule has 3 heterocycles. The van der Waals surface area contributed by atoms with Gasteiger partial charge in [0.25, 0.3) is 0 Å². The zero-order valence-corrected chi connectivity index (χ0v) is 31.4. The average molecular weight is 743 g/mol. The van der Waals surface area contributed by atoms with Crippen LogP contribution in [0.5, 0.6) is 0 Å². The van der Waals surface area contributed by atoms with Gasteiger partial charge in [0.1, 0.15) is 0 Å². The first kappa shape index (κ1) is 33.5. The summed E-state index contributed by atoms with van der Waals surface area (Å²) in [6, 6.07) is 62.0. The molecule has 1 aliphatic carbocycles. The molecule has 0 bridgehead atoms. The molecule has 58 heavy (non-hydrogen) atoms. The van der Waals surface area contributed by atoms with Gasteiger partial charge in [0.2, 0.25) is 5.95 Å². The van der Waals surface area contributed by atoms with Crippen molar-refractivity contribution in [2.75, 3.05) is 0 Å². The van der Waals surface area contributed by atoms with E-state index < -0.39 is 0 Å². The lowest BCUT2D eigenvalue weighted by Gasteiger charge is -2.16. The molecule has 1 atom stereocenters. The third-order valence-electron chi connectivity index (χ3n) is 11.4. The first-order valence-corrected chi connectivity index (χ1v) is 19.5. The molecule has 7 aromatic carbocycles. The molecule has 3 aromatic heterocycles. The Bertz CT molecular complexity index is 3250. The number of para-hydroxylation sites is 3. The average Bonchev–Trinajstić information content (AvgIpc) is 3.82. The summed E-state index contributed by atoms with van der Waals surface area (Å²) >= 11 is 0. The highest BCUT2D eigenvalue weighted by atomic mass is 15.2. The van der Waals surface area contributed by atoms with Crippen LogP contribution in [0.2, 0.25) is 0 Å². The van der Waals surface area contributed by atoms with Crippen LogP contribution in [0.25, 0.3) is 89.2 Å². The summed E-state index contributed by atoms with van der Waals surface area (Å²) in [6.45, 7) is 0. The predicted molar refractivity (Wildman–Crippen MR) is 235 cm³/mol. The van der Waals surface area contributed by atoms with Gasteiger partial charge < -0.3 is 4.57 Å². The molecule has 1 unspecified atom stereocenters. The number of aromatic nitrogens is 5. The van der Waals surface area contributed by atoms with E-state index in [1.54, 1.807) is 0 Å². The summed E-state index contributed by atoms with van der Waals surface area (Å²) in [5.41, 5.74) is 11.6. The van der Waals surface area contributed by atoms with E-state index in [4.69, 9.17) is 15.0 Å². The molecule has 0 saturated heterocycles. The van der Waals surface area contributed by atoms with Crippen LogP contribution in [0.1, 0.15) is 17.9 Å². The molecule has 0 fully saturated rings. The largest absolute Gasteiger partial charge is 0.309 e. The molecule has 0 saturated carbocycles. The van der Waals surface area contributed by atoms with Gasteiger partial charge in [-0.25, -0.2) is 4.98 Å². The summed E-state index contributed by atoms with van der Waals surface area (Å²) in [7, 11) is 0. The Hall–Kier alpha value is -7.88. The van der Waals surface area contributed by atoms with Crippen molar-refractivity contribution in [1.82, 2.24) is 24.1 Å². The maximum atomic E-state index is 9.49. The number of allylic oxidation sites excluding steroid dienone is 4. The van der Waals surface area contributed by atoms with E-state index in [0.717, 1.165) is 60.9 Å². The van der Waals surface area contributed by atoms with Gasteiger partial charge in [0.15, 0.2) is 11.6 Å². The SMILES string of the molecule is N#CC1=CC=CC(c2ccc(-c3nc(-c4ccccc4)nc(-n4c5ccccc5c5cc(-c6ccc(-n7c8ccccc8c8ccccc87)cc6)ccc54)n3)cc2)C1. The lowest BCUT2D eigenvalue weighted by atomic mass is 9.88. The Balaban J connectivity index is 1.01. The molecule has 10 aromatic rings. The molecule has 0 amide bonds. The minimum absolute atomic E-state index is 0.156. The number of nitrogens with zero attached hydrogens (tertiary/aromatic N) is 6. The van der Waals surface area contributed by atoms with Gasteiger partial charge in [0, 0.05) is 49.9 Å². The monoisotopic (exact) mass is 742 g/mol.